The summed E-state index contributed by atoms with van der Waals surface area (Å²) in [6.07, 6.45) is 3.40. The molecule has 1 aliphatic carbocycles. The predicted molar refractivity (Wildman–Crippen MR) is 78.5 cm³/mol. The van der Waals surface area contributed by atoms with Crippen molar-refractivity contribution in [2.75, 3.05) is 27.7 Å². The molecule has 1 aliphatic rings. The minimum absolute atomic E-state index is 0.0807. The first-order valence-corrected chi connectivity index (χ1v) is 7.43. The molecule has 1 saturated carbocycles. The van der Waals surface area contributed by atoms with Gasteiger partial charge in [0.05, 0.1) is 4.88 Å². The maximum absolute atomic E-state index is 12.3. The van der Waals surface area contributed by atoms with Crippen LogP contribution in [-0.4, -0.2) is 60.0 Å². The summed E-state index contributed by atoms with van der Waals surface area (Å²) < 4.78 is 0. The molecule has 1 aromatic heterocycles. The molecule has 1 heterocycles. The third kappa shape index (κ3) is 2.71. The lowest BCUT2D eigenvalue weighted by molar-refractivity contribution is 0.0254. The third-order valence-corrected chi connectivity index (χ3v) is 5.20. The fraction of sp³-hybridized carbons (Fsp3) is 0.571. The van der Waals surface area contributed by atoms with Gasteiger partial charge in [0.1, 0.15) is 4.88 Å². The number of nitrogens with zero attached hydrogens (tertiary/aromatic N) is 2. The van der Waals surface area contributed by atoms with Gasteiger partial charge >= 0.3 is 5.97 Å². The van der Waals surface area contributed by atoms with E-state index in [-0.39, 0.29) is 16.3 Å². The van der Waals surface area contributed by atoms with Crippen LogP contribution >= 0.6 is 11.3 Å². The summed E-state index contributed by atoms with van der Waals surface area (Å²) in [6, 6.07) is 3.08. The van der Waals surface area contributed by atoms with Gasteiger partial charge in [-0.3, -0.25) is 4.79 Å². The number of hydrogen-bond donors (Lipinski definition) is 1. The van der Waals surface area contributed by atoms with Gasteiger partial charge in [0.25, 0.3) is 5.91 Å². The molecule has 1 aromatic rings. The molecule has 0 bridgehead atoms. The van der Waals surface area contributed by atoms with E-state index in [9.17, 15) is 9.59 Å². The number of amides is 1. The van der Waals surface area contributed by atoms with Crippen LogP contribution in [0.25, 0.3) is 0 Å². The minimum Gasteiger partial charge on any atom is -0.477 e. The monoisotopic (exact) mass is 296 g/mol. The van der Waals surface area contributed by atoms with Crippen molar-refractivity contribution in [1.82, 2.24) is 9.80 Å². The standard InChI is InChI=1S/C14H20N2O3S/c1-15(2)14(7-4-8-14)9-16(3)12(17)10-5-6-11(20-10)13(18)19/h5-6H,4,7-9H2,1-3H3,(H,18,19). The predicted octanol–water partition coefficient (Wildman–Crippen LogP) is 2.00. The van der Waals surface area contributed by atoms with Crippen molar-refractivity contribution < 1.29 is 14.7 Å². The average molecular weight is 296 g/mol. The zero-order chi connectivity index (χ0) is 14.9. The molecule has 1 fully saturated rings. The van der Waals surface area contributed by atoms with E-state index < -0.39 is 5.97 Å². The van der Waals surface area contributed by atoms with Crippen molar-refractivity contribution >= 4 is 23.2 Å². The number of carboxylic acid groups (broad SMARTS) is 1. The first-order chi connectivity index (χ1) is 9.35. The van der Waals surface area contributed by atoms with E-state index in [1.807, 2.05) is 14.1 Å². The van der Waals surface area contributed by atoms with Gasteiger partial charge in [-0.2, -0.15) is 0 Å². The van der Waals surface area contributed by atoms with Crippen molar-refractivity contribution in [3.05, 3.63) is 21.9 Å². The first kappa shape index (κ1) is 15.0. The number of likely N-dealkylation sites (N-methyl/N-ethyl adjacent to an activating group) is 2. The molecule has 0 spiro atoms. The molecule has 0 aromatic carbocycles. The molecule has 0 saturated heterocycles. The Hall–Kier alpha value is -1.40. The Morgan fingerprint density at radius 3 is 2.25 bits per heavy atom. The fourth-order valence-electron chi connectivity index (χ4n) is 2.60. The summed E-state index contributed by atoms with van der Waals surface area (Å²) in [6.45, 7) is 0.680. The van der Waals surface area contributed by atoms with Crippen molar-refractivity contribution in [2.45, 2.75) is 24.8 Å². The molecule has 0 radical (unpaired) electrons. The third-order valence-electron chi connectivity index (χ3n) is 4.14. The number of thiophene rings is 1. The fourth-order valence-corrected chi connectivity index (χ4v) is 3.44. The van der Waals surface area contributed by atoms with Crippen LogP contribution in [0.15, 0.2) is 12.1 Å². The van der Waals surface area contributed by atoms with Crippen LogP contribution in [0, 0.1) is 0 Å². The van der Waals surface area contributed by atoms with E-state index >= 15 is 0 Å². The number of aromatic carboxylic acids is 1. The van der Waals surface area contributed by atoms with Crippen LogP contribution in [0.1, 0.15) is 38.6 Å². The van der Waals surface area contributed by atoms with Crippen molar-refractivity contribution in [3.8, 4) is 0 Å². The van der Waals surface area contributed by atoms with Gasteiger partial charge < -0.3 is 14.9 Å². The first-order valence-electron chi connectivity index (χ1n) is 6.62. The maximum Gasteiger partial charge on any atom is 0.345 e. The molecule has 2 rings (SSSR count). The van der Waals surface area contributed by atoms with Crippen molar-refractivity contribution in [2.24, 2.45) is 0 Å². The summed E-state index contributed by atoms with van der Waals surface area (Å²) in [5.74, 6) is -1.09. The van der Waals surface area contributed by atoms with Crippen LogP contribution in [-0.2, 0) is 0 Å². The van der Waals surface area contributed by atoms with Crippen LogP contribution < -0.4 is 0 Å². The molecule has 5 nitrogen and oxygen atoms in total. The van der Waals surface area contributed by atoms with E-state index in [0.29, 0.717) is 11.4 Å². The minimum atomic E-state index is -0.986. The largest absolute Gasteiger partial charge is 0.477 e. The van der Waals surface area contributed by atoms with Gasteiger partial charge in [-0.15, -0.1) is 11.3 Å². The molecule has 110 valence electrons. The van der Waals surface area contributed by atoms with Gasteiger partial charge in [0.15, 0.2) is 0 Å². The second-order valence-electron chi connectivity index (χ2n) is 5.60. The molecular formula is C14H20N2O3S. The van der Waals surface area contributed by atoms with E-state index in [2.05, 4.69) is 4.90 Å². The Kier molecular flexibility index (Phi) is 4.15. The number of rotatable bonds is 5. The lowest BCUT2D eigenvalue weighted by Crippen LogP contribution is -2.57. The van der Waals surface area contributed by atoms with E-state index in [0.717, 1.165) is 24.2 Å². The van der Waals surface area contributed by atoms with Gasteiger partial charge in [-0.25, -0.2) is 4.79 Å². The Morgan fingerprint density at radius 2 is 1.85 bits per heavy atom. The molecule has 20 heavy (non-hydrogen) atoms. The highest BCUT2D eigenvalue weighted by Gasteiger charge is 2.40. The SMILES string of the molecule is CN(CC1(N(C)C)CCC1)C(=O)c1ccc(C(=O)O)s1. The van der Waals surface area contributed by atoms with E-state index in [1.165, 1.54) is 12.5 Å². The van der Waals surface area contributed by atoms with Crippen molar-refractivity contribution in [3.63, 3.8) is 0 Å². The van der Waals surface area contributed by atoms with Crippen molar-refractivity contribution in [1.29, 1.82) is 0 Å². The zero-order valence-electron chi connectivity index (χ0n) is 12.0. The smallest absolute Gasteiger partial charge is 0.345 e. The highest BCUT2D eigenvalue weighted by atomic mass is 32.1. The number of carbonyl (C=O) groups excluding carboxylic acids is 1. The summed E-state index contributed by atoms with van der Waals surface area (Å²) in [7, 11) is 5.88. The summed E-state index contributed by atoms with van der Waals surface area (Å²) in [5.41, 5.74) is 0.0807. The lowest BCUT2D eigenvalue weighted by atomic mass is 9.75. The van der Waals surface area contributed by atoms with Crippen LogP contribution in [0.4, 0.5) is 0 Å². The maximum atomic E-state index is 12.3. The number of carbonyl (C=O) groups is 2. The van der Waals surface area contributed by atoms with Gasteiger partial charge in [0.2, 0.25) is 0 Å². The lowest BCUT2D eigenvalue weighted by Gasteiger charge is -2.49. The molecule has 6 heteroatoms. The van der Waals surface area contributed by atoms with Crippen LogP contribution in [0.2, 0.25) is 0 Å². The zero-order valence-corrected chi connectivity index (χ0v) is 12.9. The molecule has 0 atom stereocenters. The van der Waals surface area contributed by atoms with Gasteiger partial charge in [0, 0.05) is 19.1 Å². The van der Waals surface area contributed by atoms with Crippen LogP contribution in [0.3, 0.4) is 0 Å². The summed E-state index contributed by atoms with van der Waals surface area (Å²) in [5, 5.41) is 8.90. The Morgan fingerprint density at radius 1 is 1.25 bits per heavy atom. The molecular weight excluding hydrogens is 276 g/mol. The average Bonchev–Trinajstić information content (AvgIpc) is 2.81. The second kappa shape index (κ2) is 5.54. The number of hydrogen-bond acceptors (Lipinski definition) is 4. The molecule has 0 unspecified atom stereocenters. The molecule has 0 aliphatic heterocycles. The second-order valence-corrected chi connectivity index (χ2v) is 6.69. The van der Waals surface area contributed by atoms with E-state index in [1.54, 1.807) is 18.0 Å². The van der Waals surface area contributed by atoms with Gasteiger partial charge in [-0.1, -0.05) is 0 Å². The highest BCUT2D eigenvalue weighted by molar-refractivity contribution is 7.15. The molecule has 1 N–H and O–H groups in total. The van der Waals surface area contributed by atoms with Crippen LogP contribution in [0.5, 0.6) is 0 Å². The molecule has 1 amide bonds. The van der Waals surface area contributed by atoms with E-state index in [4.69, 9.17) is 5.11 Å². The van der Waals surface area contributed by atoms with Gasteiger partial charge in [-0.05, 0) is 45.5 Å². The normalized spacial score (nSPS) is 16.8. The Bertz CT molecular complexity index is 520. The number of carboxylic acids is 1. The summed E-state index contributed by atoms with van der Waals surface area (Å²) >= 11 is 1.03. The summed E-state index contributed by atoms with van der Waals surface area (Å²) in [4.78, 5) is 27.8. The highest BCUT2D eigenvalue weighted by Crippen LogP contribution is 2.37. The Balaban J connectivity index is 2.06. The Labute approximate surface area is 122 Å². The quantitative estimate of drug-likeness (QED) is 0.903. The topological polar surface area (TPSA) is 60.9 Å².